The summed E-state index contributed by atoms with van der Waals surface area (Å²) in [5.74, 6) is 0. The highest BCUT2D eigenvalue weighted by atomic mass is 32.2. The molecule has 0 amide bonds. The molecule has 25 heavy (non-hydrogen) atoms. The summed E-state index contributed by atoms with van der Waals surface area (Å²) in [5, 5.41) is -0.594. The summed E-state index contributed by atoms with van der Waals surface area (Å²) in [7, 11) is -13.3. The summed E-state index contributed by atoms with van der Waals surface area (Å²) in [6.45, 7) is -0.527. The lowest BCUT2D eigenvalue weighted by molar-refractivity contribution is 0.0317. The molecule has 0 aromatic carbocycles. The number of phosphoric ester groups is 1. The number of carbonyl (C=O) groups is 1. The average molecular weight is 444 g/mol. The third kappa shape index (κ3) is 9.03. The molecule has 18 heteroatoms. The van der Waals surface area contributed by atoms with Gasteiger partial charge in [0.05, 0.1) is 19.0 Å². The summed E-state index contributed by atoms with van der Waals surface area (Å²) >= 11 is 1.26. The Morgan fingerprint density at radius 3 is 2.28 bits per heavy atom. The summed E-state index contributed by atoms with van der Waals surface area (Å²) in [5.41, 5.74) is 0. The minimum Gasteiger partial charge on any atom is -0.438 e. The Morgan fingerprint density at radius 2 is 1.76 bits per heavy atom. The molecule has 1 heterocycles. The highest BCUT2D eigenvalue weighted by molar-refractivity contribution is 8.01. The maximum atomic E-state index is 11.6. The highest BCUT2D eigenvalue weighted by Gasteiger charge is 2.43. The van der Waals surface area contributed by atoms with E-state index in [1.54, 1.807) is 0 Å². The fourth-order valence-electron chi connectivity index (χ4n) is 1.83. The van der Waals surface area contributed by atoms with Gasteiger partial charge in [-0.15, -0.1) is 0 Å². The van der Waals surface area contributed by atoms with Crippen molar-refractivity contribution in [2.24, 2.45) is 0 Å². The molecule has 0 radical (unpaired) electrons. The molecule has 1 aliphatic heterocycles. The zero-order chi connectivity index (χ0) is 19.5. The number of hydrogen-bond donors (Lipinski definition) is 4. The fourth-order valence-corrected chi connectivity index (χ4v) is 6.36. The van der Waals surface area contributed by atoms with Gasteiger partial charge in [0, 0.05) is 0 Å². The lowest BCUT2D eigenvalue weighted by Crippen LogP contribution is -2.28. The Balaban J connectivity index is 2.64. The highest BCUT2D eigenvalue weighted by Crippen LogP contribution is 2.66. The molecular weight excluding hydrogens is 428 g/mol. The molecule has 0 bridgehead atoms. The predicted octanol–water partition coefficient (Wildman–Crippen LogP) is -0.0540. The van der Waals surface area contributed by atoms with Crippen molar-refractivity contribution in [2.75, 3.05) is 13.7 Å². The zero-order valence-corrected chi connectivity index (χ0v) is 16.4. The van der Waals surface area contributed by atoms with E-state index in [4.69, 9.17) is 19.4 Å². The van der Waals surface area contributed by atoms with Gasteiger partial charge in [-0.3, -0.25) is 4.52 Å². The van der Waals surface area contributed by atoms with Gasteiger partial charge in [-0.1, -0.05) is 0 Å². The van der Waals surface area contributed by atoms with Gasteiger partial charge in [0.2, 0.25) is 0 Å². The number of hydrogen-bond acceptors (Lipinski definition) is 10. The standard InChI is InChI=1S/C7H16BO13P3S/c1-17-7(9)19-4-2-6(8)25-5(4)3-18-23(13,14)21-24(15,16)20-22(10,11)12/h4-6H,2-3,8H2,1H3,(H,13,14)(H,15,16)(H2,10,11,12). The monoisotopic (exact) mass is 444 g/mol. The topological polar surface area (TPSA) is 195 Å². The van der Waals surface area contributed by atoms with Crippen LogP contribution in [0.2, 0.25) is 0 Å². The van der Waals surface area contributed by atoms with Crippen LogP contribution in [-0.4, -0.2) is 63.8 Å². The third-order valence-electron chi connectivity index (χ3n) is 2.62. The van der Waals surface area contributed by atoms with Crippen LogP contribution in [0.3, 0.4) is 0 Å². The van der Waals surface area contributed by atoms with Crippen LogP contribution >= 0.6 is 35.2 Å². The summed E-state index contributed by atoms with van der Waals surface area (Å²) in [6, 6.07) is 0. The number of carbonyl (C=O) groups excluding carboxylic acids is 1. The molecule has 1 saturated heterocycles. The van der Waals surface area contributed by atoms with Crippen LogP contribution in [0.25, 0.3) is 0 Å². The van der Waals surface area contributed by atoms with Crippen molar-refractivity contribution in [3.8, 4) is 0 Å². The van der Waals surface area contributed by atoms with Gasteiger partial charge < -0.3 is 29.0 Å². The Morgan fingerprint density at radius 1 is 1.16 bits per heavy atom. The van der Waals surface area contributed by atoms with Crippen molar-refractivity contribution in [2.45, 2.75) is 22.9 Å². The maximum Gasteiger partial charge on any atom is 0.508 e. The Kier molecular flexibility index (Phi) is 8.20. The summed E-state index contributed by atoms with van der Waals surface area (Å²) in [6.07, 6.45) is -1.26. The lowest BCUT2D eigenvalue weighted by atomic mass is 9.97. The first-order chi connectivity index (χ1) is 11.2. The van der Waals surface area contributed by atoms with E-state index in [0.29, 0.717) is 6.42 Å². The molecule has 146 valence electrons. The third-order valence-corrected chi connectivity index (χ3v) is 7.87. The molecule has 1 aliphatic rings. The summed E-state index contributed by atoms with van der Waals surface area (Å²) < 4.78 is 54.4. The van der Waals surface area contributed by atoms with Crippen molar-refractivity contribution >= 4 is 49.2 Å². The van der Waals surface area contributed by atoms with E-state index in [-0.39, 0.29) is 5.15 Å². The molecular formula is C7H16BO13P3S. The van der Waals surface area contributed by atoms with Crippen molar-refractivity contribution in [3.05, 3.63) is 0 Å². The molecule has 0 aliphatic carbocycles. The second kappa shape index (κ2) is 8.86. The molecule has 4 N–H and O–H groups in total. The largest absolute Gasteiger partial charge is 0.508 e. The number of methoxy groups -OCH3 is 1. The van der Waals surface area contributed by atoms with E-state index in [9.17, 15) is 23.4 Å². The van der Waals surface area contributed by atoms with Crippen LogP contribution in [0.15, 0.2) is 0 Å². The van der Waals surface area contributed by atoms with Crippen LogP contribution < -0.4 is 0 Å². The van der Waals surface area contributed by atoms with E-state index in [1.165, 1.54) is 11.8 Å². The first kappa shape index (κ1) is 23.1. The average Bonchev–Trinajstić information content (AvgIpc) is 2.72. The SMILES string of the molecule is BC1CC(OC(=O)OC)C(COP(=O)(O)OP(=O)(O)OP(=O)(O)O)S1. The maximum absolute atomic E-state index is 11.6. The minimum atomic E-state index is -5.57. The summed E-state index contributed by atoms with van der Waals surface area (Å²) in [4.78, 5) is 46.4. The molecule has 5 atom stereocenters. The van der Waals surface area contributed by atoms with Crippen molar-refractivity contribution in [3.63, 3.8) is 0 Å². The van der Waals surface area contributed by atoms with Gasteiger partial charge in [-0.25, -0.2) is 18.5 Å². The minimum absolute atomic E-state index is 0.0178. The number of phosphoric acid groups is 3. The van der Waals surface area contributed by atoms with Crippen LogP contribution in [0.5, 0.6) is 0 Å². The molecule has 0 aromatic heterocycles. The molecule has 0 saturated carbocycles. The normalized spacial score (nSPS) is 28.8. The van der Waals surface area contributed by atoms with Gasteiger partial charge in [0.1, 0.15) is 14.0 Å². The number of ether oxygens (including phenoxy) is 2. The van der Waals surface area contributed by atoms with Gasteiger partial charge in [0.25, 0.3) is 0 Å². The molecule has 1 rings (SSSR count). The predicted molar refractivity (Wildman–Crippen MR) is 85.4 cm³/mol. The van der Waals surface area contributed by atoms with Crippen molar-refractivity contribution < 1.29 is 60.7 Å². The van der Waals surface area contributed by atoms with Gasteiger partial charge in [0.15, 0.2) is 0 Å². The van der Waals surface area contributed by atoms with E-state index in [2.05, 4.69) is 17.9 Å². The Labute approximate surface area is 147 Å². The van der Waals surface area contributed by atoms with Crippen LogP contribution in [0.1, 0.15) is 6.42 Å². The van der Waals surface area contributed by atoms with Gasteiger partial charge >= 0.3 is 29.6 Å². The van der Waals surface area contributed by atoms with E-state index in [1.807, 2.05) is 7.85 Å². The number of thioether (sulfide) groups is 1. The van der Waals surface area contributed by atoms with Crippen molar-refractivity contribution in [1.82, 2.24) is 0 Å². The van der Waals surface area contributed by atoms with Gasteiger partial charge in [-0.05, 0) is 11.6 Å². The Hall–Kier alpha value is 0.0949. The van der Waals surface area contributed by atoms with Gasteiger partial charge in [-0.2, -0.15) is 20.4 Å². The molecule has 5 unspecified atom stereocenters. The number of rotatable bonds is 8. The van der Waals surface area contributed by atoms with E-state index in [0.717, 1.165) is 7.11 Å². The van der Waals surface area contributed by atoms with Crippen LogP contribution in [0, 0.1) is 0 Å². The second-order valence-electron chi connectivity index (χ2n) is 4.72. The van der Waals surface area contributed by atoms with Crippen molar-refractivity contribution in [1.29, 1.82) is 0 Å². The van der Waals surface area contributed by atoms with Crippen LogP contribution in [0.4, 0.5) is 4.79 Å². The fraction of sp³-hybridized carbons (Fsp3) is 0.857. The molecule has 1 fully saturated rings. The molecule has 0 spiro atoms. The molecule has 13 nitrogen and oxygen atoms in total. The quantitative estimate of drug-likeness (QED) is 0.221. The van der Waals surface area contributed by atoms with E-state index >= 15 is 0 Å². The Bertz CT molecular complexity index is 623. The van der Waals surface area contributed by atoms with Crippen LogP contribution in [-0.2, 0) is 36.3 Å². The zero-order valence-electron chi connectivity index (χ0n) is 12.9. The second-order valence-corrected chi connectivity index (χ2v) is 10.8. The first-order valence-corrected chi connectivity index (χ1v) is 11.9. The first-order valence-electron chi connectivity index (χ1n) is 6.41. The molecule has 0 aromatic rings. The smallest absolute Gasteiger partial charge is 0.438 e. The van der Waals surface area contributed by atoms with E-state index < -0.39 is 47.6 Å². The lowest BCUT2D eigenvalue weighted by Gasteiger charge is -2.20.